The highest BCUT2D eigenvalue weighted by molar-refractivity contribution is 9.10. The van der Waals surface area contributed by atoms with E-state index in [1.807, 2.05) is 13.0 Å². The summed E-state index contributed by atoms with van der Waals surface area (Å²) in [4.78, 5) is 12.6. The van der Waals surface area contributed by atoms with Gasteiger partial charge in [0.1, 0.15) is 0 Å². The van der Waals surface area contributed by atoms with Gasteiger partial charge >= 0.3 is 6.18 Å². The number of carbonyl (C=O) groups is 1. The van der Waals surface area contributed by atoms with Gasteiger partial charge in [0.05, 0.1) is 24.6 Å². The van der Waals surface area contributed by atoms with Crippen LogP contribution in [0.5, 0.6) is 5.75 Å². The van der Waals surface area contributed by atoms with Crippen molar-refractivity contribution in [1.29, 1.82) is 0 Å². The van der Waals surface area contributed by atoms with Crippen LogP contribution in [-0.4, -0.2) is 22.8 Å². The molecular weight excluding hydrogens is 439 g/mol. The molecule has 3 aromatic rings. The molecule has 2 aromatic carbocycles. The number of hydrogen-bond acceptors (Lipinski definition) is 3. The molecule has 1 amide bonds. The Morgan fingerprint density at radius 2 is 1.96 bits per heavy atom. The molecule has 0 unspecified atom stereocenters. The van der Waals surface area contributed by atoms with Gasteiger partial charge in [-0.25, -0.2) is 4.68 Å². The quantitative estimate of drug-likeness (QED) is 0.588. The topological polar surface area (TPSA) is 56.2 Å². The molecular formula is C19H15BrF3N3O2. The van der Waals surface area contributed by atoms with E-state index in [2.05, 4.69) is 26.3 Å². The number of ether oxygens (including phenoxy) is 1. The van der Waals surface area contributed by atoms with E-state index < -0.39 is 17.6 Å². The minimum Gasteiger partial charge on any atom is -0.493 e. The lowest BCUT2D eigenvalue weighted by molar-refractivity contribution is -0.137. The fraction of sp³-hybridized carbons (Fsp3) is 0.158. The van der Waals surface area contributed by atoms with E-state index in [0.717, 1.165) is 22.2 Å². The molecule has 5 nitrogen and oxygen atoms in total. The molecule has 9 heteroatoms. The molecule has 1 heterocycles. The summed E-state index contributed by atoms with van der Waals surface area (Å²) < 4.78 is 46.1. The molecule has 0 aliphatic rings. The van der Waals surface area contributed by atoms with Gasteiger partial charge in [-0.1, -0.05) is 22.0 Å². The van der Waals surface area contributed by atoms with Crippen LogP contribution in [0.1, 0.15) is 21.6 Å². The van der Waals surface area contributed by atoms with Crippen molar-refractivity contribution in [2.45, 2.75) is 13.1 Å². The van der Waals surface area contributed by atoms with Crippen LogP contribution in [0.3, 0.4) is 0 Å². The maximum atomic E-state index is 12.9. The van der Waals surface area contributed by atoms with Gasteiger partial charge in [0, 0.05) is 10.2 Å². The lowest BCUT2D eigenvalue weighted by Gasteiger charge is -2.09. The average molecular weight is 454 g/mol. The number of nitrogens with zero attached hydrogens (tertiary/aromatic N) is 2. The molecule has 0 saturated carbocycles. The summed E-state index contributed by atoms with van der Waals surface area (Å²) in [7, 11) is 1.36. The Bertz CT molecular complexity index is 1030. The molecule has 0 saturated heterocycles. The molecule has 0 aliphatic heterocycles. The minimum absolute atomic E-state index is 0.0396. The number of methoxy groups -OCH3 is 1. The highest BCUT2D eigenvalue weighted by atomic mass is 79.9. The zero-order valence-electron chi connectivity index (χ0n) is 14.8. The summed E-state index contributed by atoms with van der Waals surface area (Å²) in [6, 6.07) is 10.0. The highest BCUT2D eigenvalue weighted by Gasteiger charge is 2.30. The molecule has 0 atom stereocenters. The summed E-state index contributed by atoms with van der Waals surface area (Å²) in [5, 5.41) is 6.85. The van der Waals surface area contributed by atoms with Gasteiger partial charge in [-0.2, -0.15) is 18.3 Å². The number of alkyl halides is 3. The molecule has 28 heavy (non-hydrogen) atoms. The largest absolute Gasteiger partial charge is 0.493 e. The standard InChI is InChI=1S/C19H15BrF3N3O2/c1-11-8-13(20)6-7-15(11)24-18(27)17-16(28-2)10-26(25-17)14-5-3-4-12(9-14)19(21,22)23/h3-10H,1-2H3,(H,24,27). The molecule has 1 N–H and O–H groups in total. The lowest BCUT2D eigenvalue weighted by atomic mass is 10.2. The molecule has 0 aliphatic carbocycles. The first kappa shape index (κ1) is 19.9. The number of carbonyl (C=O) groups excluding carboxylic acids is 1. The summed E-state index contributed by atoms with van der Waals surface area (Å²) in [6.07, 6.45) is -3.12. The first-order valence-corrected chi connectivity index (χ1v) is 8.87. The van der Waals surface area contributed by atoms with Crippen LogP contribution < -0.4 is 10.1 Å². The van der Waals surface area contributed by atoms with Gasteiger partial charge in [0.25, 0.3) is 5.91 Å². The molecule has 1 aromatic heterocycles. The molecule has 0 spiro atoms. The number of anilines is 1. The number of halogens is 4. The second-order valence-corrected chi connectivity index (χ2v) is 6.87. The first-order valence-electron chi connectivity index (χ1n) is 8.08. The summed E-state index contributed by atoms with van der Waals surface area (Å²) in [5.74, 6) is -0.391. The van der Waals surface area contributed by atoms with Gasteiger partial charge < -0.3 is 10.1 Å². The van der Waals surface area contributed by atoms with Crippen LogP contribution in [0.4, 0.5) is 18.9 Å². The van der Waals surface area contributed by atoms with Gasteiger partial charge in [-0.3, -0.25) is 4.79 Å². The summed E-state index contributed by atoms with van der Waals surface area (Å²) in [5.41, 5.74) is 0.730. The second kappa shape index (κ2) is 7.67. The van der Waals surface area contributed by atoms with Crippen LogP contribution in [-0.2, 0) is 6.18 Å². The van der Waals surface area contributed by atoms with Crippen molar-refractivity contribution in [3.05, 3.63) is 70.0 Å². The third kappa shape index (κ3) is 4.19. The summed E-state index contributed by atoms with van der Waals surface area (Å²) >= 11 is 3.35. The van der Waals surface area contributed by atoms with Gasteiger partial charge in [0.2, 0.25) is 0 Å². The van der Waals surface area contributed by atoms with Crippen molar-refractivity contribution in [3.8, 4) is 11.4 Å². The van der Waals surface area contributed by atoms with Crippen LogP contribution in [0.15, 0.2) is 53.1 Å². The van der Waals surface area contributed by atoms with E-state index in [4.69, 9.17) is 4.74 Å². The fourth-order valence-corrected chi connectivity index (χ4v) is 3.05. The number of amides is 1. The fourth-order valence-electron chi connectivity index (χ4n) is 2.57. The Hall–Kier alpha value is -2.81. The van der Waals surface area contributed by atoms with Crippen LogP contribution in [0.2, 0.25) is 0 Å². The van der Waals surface area contributed by atoms with E-state index >= 15 is 0 Å². The number of benzene rings is 2. The van der Waals surface area contributed by atoms with Crippen molar-refractivity contribution < 1.29 is 22.7 Å². The van der Waals surface area contributed by atoms with E-state index in [-0.39, 0.29) is 17.1 Å². The number of nitrogens with one attached hydrogen (secondary N) is 1. The number of rotatable bonds is 4. The van der Waals surface area contributed by atoms with E-state index in [1.165, 1.54) is 30.1 Å². The van der Waals surface area contributed by atoms with Crippen molar-refractivity contribution >= 4 is 27.5 Å². The Balaban J connectivity index is 1.93. The van der Waals surface area contributed by atoms with Crippen LogP contribution >= 0.6 is 15.9 Å². The second-order valence-electron chi connectivity index (χ2n) is 5.95. The van der Waals surface area contributed by atoms with Gasteiger partial charge in [-0.05, 0) is 48.9 Å². The third-order valence-electron chi connectivity index (χ3n) is 3.99. The Morgan fingerprint density at radius 3 is 2.61 bits per heavy atom. The molecule has 0 bridgehead atoms. The van der Waals surface area contributed by atoms with E-state index in [1.54, 1.807) is 12.1 Å². The number of aromatic nitrogens is 2. The van der Waals surface area contributed by atoms with Gasteiger partial charge in [-0.15, -0.1) is 0 Å². The minimum atomic E-state index is -4.48. The Kier molecular flexibility index (Phi) is 5.46. The average Bonchev–Trinajstić information content (AvgIpc) is 3.08. The number of aryl methyl sites for hydroxylation is 1. The molecule has 146 valence electrons. The zero-order valence-corrected chi connectivity index (χ0v) is 16.4. The molecule has 3 rings (SSSR count). The predicted octanol–water partition coefficient (Wildman–Crippen LogP) is 5.22. The van der Waals surface area contributed by atoms with Crippen LogP contribution in [0.25, 0.3) is 5.69 Å². The van der Waals surface area contributed by atoms with Crippen molar-refractivity contribution in [2.24, 2.45) is 0 Å². The van der Waals surface area contributed by atoms with Crippen molar-refractivity contribution in [3.63, 3.8) is 0 Å². The number of hydrogen-bond donors (Lipinski definition) is 1. The monoisotopic (exact) mass is 453 g/mol. The van der Waals surface area contributed by atoms with Crippen molar-refractivity contribution in [2.75, 3.05) is 12.4 Å². The first-order chi connectivity index (χ1) is 13.2. The lowest BCUT2D eigenvalue weighted by Crippen LogP contribution is -2.15. The molecule has 0 radical (unpaired) electrons. The predicted molar refractivity (Wildman–Crippen MR) is 102 cm³/mol. The van der Waals surface area contributed by atoms with E-state index in [9.17, 15) is 18.0 Å². The maximum absolute atomic E-state index is 12.9. The molecule has 0 fully saturated rings. The SMILES string of the molecule is COc1cn(-c2cccc(C(F)(F)F)c2)nc1C(=O)Nc1ccc(Br)cc1C. The van der Waals surface area contributed by atoms with Gasteiger partial charge in [0.15, 0.2) is 11.4 Å². The Morgan fingerprint density at radius 1 is 1.21 bits per heavy atom. The van der Waals surface area contributed by atoms with Crippen molar-refractivity contribution in [1.82, 2.24) is 9.78 Å². The highest BCUT2D eigenvalue weighted by Crippen LogP contribution is 2.31. The smallest absolute Gasteiger partial charge is 0.416 e. The van der Waals surface area contributed by atoms with Crippen LogP contribution in [0, 0.1) is 6.92 Å². The third-order valence-corrected chi connectivity index (χ3v) is 4.48. The normalized spacial score (nSPS) is 11.4. The van der Waals surface area contributed by atoms with E-state index in [0.29, 0.717) is 5.69 Å². The summed E-state index contributed by atoms with van der Waals surface area (Å²) in [6.45, 7) is 1.83. The Labute approximate surface area is 167 Å². The zero-order chi connectivity index (χ0) is 20.5. The maximum Gasteiger partial charge on any atom is 0.416 e.